The summed E-state index contributed by atoms with van der Waals surface area (Å²) in [5.74, 6) is 0. The van der Waals surface area contributed by atoms with Gasteiger partial charge in [-0.3, -0.25) is 4.39 Å². The predicted octanol–water partition coefficient (Wildman–Crippen LogP) is 2.74. The highest BCUT2D eigenvalue weighted by Crippen LogP contribution is 2.11. The number of alkyl halides is 1. The molecule has 0 aliphatic rings. The molecular weight excluding hydrogens is 170 g/mol. The standard InChI is InChI=1S/C10H14FP/c11-8-4-5-9-12-10-6-2-1-3-7-10/h1-3,6-7,12H,4-5,8-9H2. The molecule has 66 valence electrons. The topological polar surface area (TPSA) is 0 Å². The van der Waals surface area contributed by atoms with Gasteiger partial charge in [-0.05, 0) is 24.3 Å². The lowest BCUT2D eigenvalue weighted by atomic mass is 10.4. The molecule has 0 aromatic heterocycles. The van der Waals surface area contributed by atoms with E-state index in [-0.39, 0.29) is 6.67 Å². The lowest BCUT2D eigenvalue weighted by molar-refractivity contribution is 0.470. The fourth-order valence-corrected chi connectivity index (χ4v) is 2.15. The van der Waals surface area contributed by atoms with Crippen LogP contribution in [0.5, 0.6) is 0 Å². The Morgan fingerprint density at radius 3 is 2.50 bits per heavy atom. The van der Waals surface area contributed by atoms with E-state index in [0.717, 1.165) is 27.6 Å². The molecule has 0 aliphatic carbocycles. The maximum absolute atomic E-state index is 11.7. The molecule has 1 atom stereocenters. The Labute approximate surface area is 75.0 Å². The van der Waals surface area contributed by atoms with E-state index in [1.165, 1.54) is 5.30 Å². The molecule has 0 saturated heterocycles. The molecule has 0 radical (unpaired) electrons. The quantitative estimate of drug-likeness (QED) is 0.487. The number of rotatable bonds is 5. The zero-order valence-corrected chi connectivity index (χ0v) is 8.09. The third-order valence-corrected chi connectivity index (χ3v) is 3.01. The summed E-state index contributed by atoms with van der Waals surface area (Å²) in [6, 6.07) is 10.4. The van der Waals surface area contributed by atoms with Gasteiger partial charge in [0.25, 0.3) is 0 Å². The van der Waals surface area contributed by atoms with Crippen molar-refractivity contribution in [1.82, 2.24) is 0 Å². The highest BCUT2D eigenvalue weighted by atomic mass is 31.1. The van der Waals surface area contributed by atoms with Gasteiger partial charge >= 0.3 is 0 Å². The summed E-state index contributed by atoms with van der Waals surface area (Å²) in [7, 11) is 0.848. The van der Waals surface area contributed by atoms with Gasteiger partial charge in [0.2, 0.25) is 0 Å². The Morgan fingerprint density at radius 2 is 1.83 bits per heavy atom. The molecule has 0 aliphatic heterocycles. The molecule has 2 heteroatoms. The third kappa shape index (κ3) is 3.82. The van der Waals surface area contributed by atoms with E-state index < -0.39 is 0 Å². The van der Waals surface area contributed by atoms with E-state index in [1.54, 1.807) is 0 Å². The number of hydrogen-bond acceptors (Lipinski definition) is 0. The van der Waals surface area contributed by atoms with Crippen molar-refractivity contribution in [3.63, 3.8) is 0 Å². The summed E-state index contributed by atoms with van der Waals surface area (Å²) < 4.78 is 11.7. The predicted molar refractivity (Wildman–Crippen MR) is 54.5 cm³/mol. The van der Waals surface area contributed by atoms with Crippen molar-refractivity contribution in [3.05, 3.63) is 30.3 Å². The number of benzene rings is 1. The maximum atomic E-state index is 11.7. The first-order valence-corrected chi connectivity index (χ1v) is 5.49. The normalized spacial score (nSPS) is 11.1. The lowest BCUT2D eigenvalue weighted by Crippen LogP contribution is -1.93. The monoisotopic (exact) mass is 184 g/mol. The van der Waals surface area contributed by atoms with Crippen LogP contribution in [0.1, 0.15) is 12.8 Å². The van der Waals surface area contributed by atoms with E-state index in [1.807, 2.05) is 6.07 Å². The van der Waals surface area contributed by atoms with Crippen LogP contribution >= 0.6 is 8.58 Å². The van der Waals surface area contributed by atoms with E-state index in [0.29, 0.717) is 0 Å². The van der Waals surface area contributed by atoms with E-state index >= 15 is 0 Å². The molecule has 0 spiro atoms. The van der Waals surface area contributed by atoms with Gasteiger partial charge in [-0.15, -0.1) is 0 Å². The van der Waals surface area contributed by atoms with Crippen LogP contribution in [0.3, 0.4) is 0 Å². The summed E-state index contributed by atoms with van der Waals surface area (Å²) in [5.41, 5.74) is 0. The van der Waals surface area contributed by atoms with Crippen molar-refractivity contribution in [2.45, 2.75) is 12.8 Å². The van der Waals surface area contributed by atoms with Crippen molar-refractivity contribution in [2.24, 2.45) is 0 Å². The molecule has 0 heterocycles. The second-order valence-corrected chi connectivity index (χ2v) is 4.12. The Bertz CT molecular complexity index is 198. The first kappa shape index (κ1) is 9.67. The maximum Gasteiger partial charge on any atom is 0.0894 e. The van der Waals surface area contributed by atoms with Gasteiger partial charge in [-0.25, -0.2) is 0 Å². The van der Waals surface area contributed by atoms with Gasteiger partial charge in [0, 0.05) is 0 Å². The Hall–Kier alpha value is -0.420. The van der Waals surface area contributed by atoms with Crippen molar-refractivity contribution in [3.8, 4) is 0 Å². The van der Waals surface area contributed by atoms with Gasteiger partial charge in [0.15, 0.2) is 0 Å². The van der Waals surface area contributed by atoms with Crippen molar-refractivity contribution >= 4 is 13.9 Å². The minimum atomic E-state index is -0.167. The largest absolute Gasteiger partial charge is 0.251 e. The first-order valence-electron chi connectivity index (χ1n) is 4.28. The van der Waals surface area contributed by atoms with E-state index in [2.05, 4.69) is 24.3 Å². The van der Waals surface area contributed by atoms with Gasteiger partial charge in [0.05, 0.1) is 6.67 Å². The molecule has 1 rings (SSSR count). The Morgan fingerprint density at radius 1 is 1.08 bits per heavy atom. The molecule has 0 nitrogen and oxygen atoms in total. The van der Waals surface area contributed by atoms with Crippen molar-refractivity contribution < 1.29 is 4.39 Å². The molecule has 0 bridgehead atoms. The van der Waals surface area contributed by atoms with E-state index in [9.17, 15) is 4.39 Å². The van der Waals surface area contributed by atoms with Gasteiger partial charge < -0.3 is 0 Å². The van der Waals surface area contributed by atoms with Gasteiger partial charge in [-0.2, -0.15) is 0 Å². The van der Waals surface area contributed by atoms with E-state index in [4.69, 9.17) is 0 Å². The van der Waals surface area contributed by atoms with Crippen molar-refractivity contribution in [1.29, 1.82) is 0 Å². The average molecular weight is 184 g/mol. The molecule has 0 fully saturated rings. The molecule has 0 saturated carbocycles. The van der Waals surface area contributed by atoms with Gasteiger partial charge in [-0.1, -0.05) is 38.9 Å². The molecule has 1 aromatic rings. The van der Waals surface area contributed by atoms with Crippen LogP contribution < -0.4 is 5.30 Å². The summed E-state index contributed by atoms with van der Waals surface area (Å²) in [6.07, 6.45) is 2.87. The highest BCUT2D eigenvalue weighted by Gasteiger charge is 1.91. The fourth-order valence-electron chi connectivity index (χ4n) is 1.01. The minimum absolute atomic E-state index is 0.167. The second kappa shape index (κ2) is 6.14. The molecular formula is C10H14FP. The molecule has 1 aromatic carbocycles. The lowest BCUT2D eigenvalue weighted by Gasteiger charge is -1.99. The zero-order valence-electron chi connectivity index (χ0n) is 7.09. The van der Waals surface area contributed by atoms with Crippen LogP contribution in [0.2, 0.25) is 0 Å². The van der Waals surface area contributed by atoms with Gasteiger partial charge in [0.1, 0.15) is 0 Å². The Balaban J connectivity index is 2.16. The number of unbranched alkanes of at least 4 members (excludes halogenated alkanes) is 1. The molecule has 0 amide bonds. The summed E-state index contributed by atoms with van der Waals surface area (Å²) in [6.45, 7) is -0.167. The minimum Gasteiger partial charge on any atom is -0.251 e. The zero-order chi connectivity index (χ0) is 8.65. The summed E-state index contributed by atoms with van der Waals surface area (Å²) in [5, 5.41) is 1.39. The highest BCUT2D eigenvalue weighted by molar-refractivity contribution is 7.47. The average Bonchev–Trinajstić information content (AvgIpc) is 2.14. The summed E-state index contributed by atoms with van der Waals surface area (Å²) >= 11 is 0. The first-order chi connectivity index (χ1) is 5.93. The summed E-state index contributed by atoms with van der Waals surface area (Å²) in [4.78, 5) is 0. The smallest absolute Gasteiger partial charge is 0.0894 e. The van der Waals surface area contributed by atoms with Crippen molar-refractivity contribution in [2.75, 3.05) is 12.8 Å². The molecule has 1 unspecified atom stereocenters. The van der Waals surface area contributed by atoms with Crippen LogP contribution in [0.15, 0.2) is 30.3 Å². The SMILES string of the molecule is FCCCCPc1ccccc1. The third-order valence-electron chi connectivity index (χ3n) is 1.66. The fraction of sp³-hybridized carbons (Fsp3) is 0.400. The van der Waals surface area contributed by atoms with Crippen LogP contribution in [-0.4, -0.2) is 12.8 Å². The second-order valence-electron chi connectivity index (χ2n) is 2.69. The number of hydrogen-bond donors (Lipinski definition) is 0. The molecule has 0 N–H and O–H groups in total. The van der Waals surface area contributed by atoms with Crippen LogP contribution in [0.25, 0.3) is 0 Å². The van der Waals surface area contributed by atoms with Crippen LogP contribution in [0.4, 0.5) is 4.39 Å². The van der Waals surface area contributed by atoms with Crippen LogP contribution in [-0.2, 0) is 0 Å². The van der Waals surface area contributed by atoms with Crippen LogP contribution in [0, 0.1) is 0 Å². The number of halogens is 1. The Kier molecular flexibility index (Phi) is 4.94. The molecule has 12 heavy (non-hydrogen) atoms.